The summed E-state index contributed by atoms with van der Waals surface area (Å²) >= 11 is 3.54. The van der Waals surface area contributed by atoms with Crippen molar-refractivity contribution in [3.63, 3.8) is 0 Å². The molecular formula is C32H39BrN6O4. The first-order valence-electron chi connectivity index (χ1n) is 14.9. The first kappa shape index (κ1) is 30.7. The van der Waals surface area contributed by atoms with Gasteiger partial charge in [0.25, 0.3) is 11.8 Å². The lowest BCUT2D eigenvalue weighted by Gasteiger charge is -2.34. The molecule has 228 valence electrons. The molecule has 3 aromatic rings. The van der Waals surface area contributed by atoms with Crippen molar-refractivity contribution >= 4 is 33.7 Å². The molecule has 43 heavy (non-hydrogen) atoms. The lowest BCUT2D eigenvalue weighted by molar-refractivity contribution is -0.136. The smallest absolute Gasteiger partial charge is 0.260 e. The van der Waals surface area contributed by atoms with E-state index in [2.05, 4.69) is 52.2 Å². The second kappa shape index (κ2) is 13.3. The Bertz CT molecular complexity index is 1490. The summed E-state index contributed by atoms with van der Waals surface area (Å²) in [6.45, 7) is 10.6. The van der Waals surface area contributed by atoms with E-state index in [4.69, 9.17) is 4.74 Å². The molecule has 0 N–H and O–H groups in total. The number of carbonyl (C=O) groups is 3. The van der Waals surface area contributed by atoms with Crippen LogP contribution in [0.3, 0.4) is 0 Å². The van der Waals surface area contributed by atoms with Crippen molar-refractivity contribution in [2.45, 2.75) is 59.5 Å². The van der Waals surface area contributed by atoms with Gasteiger partial charge in [-0.2, -0.15) is 0 Å². The zero-order valence-electron chi connectivity index (χ0n) is 25.3. The third-order valence-electron chi connectivity index (χ3n) is 8.33. The molecule has 3 heterocycles. The number of piperidine rings is 1. The average Bonchev–Trinajstić information content (AvgIpc) is 3.47. The van der Waals surface area contributed by atoms with Crippen LogP contribution in [-0.4, -0.2) is 86.7 Å². The fraction of sp³-hybridized carbons (Fsp3) is 0.469. The number of amides is 3. The maximum absolute atomic E-state index is 13.4. The van der Waals surface area contributed by atoms with E-state index < -0.39 is 0 Å². The van der Waals surface area contributed by atoms with E-state index in [1.54, 1.807) is 21.9 Å². The topological polar surface area (TPSA) is 101 Å². The number of rotatable bonds is 8. The summed E-state index contributed by atoms with van der Waals surface area (Å²) in [5.74, 6) is 0.294. The molecule has 2 aliphatic heterocycles. The van der Waals surface area contributed by atoms with Crippen molar-refractivity contribution < 1.29 is 19.1 Å². The van der Waals surface area contributed by atoms with Gasteiger partial charge < -0.3 is 19.4 Å². The lowest BCUT2D eigenvalue weighted by atomic mass is 10.0. The standard InChI is InChI=1S/C32H39BrN6O4/c1-21-14-25(8-9-28(21)33)24(4)39-18-27(34-35-39)17-37-12-13-38(19-29(37)40)32(42)26-15-22(2)31(23(3)16-26)43-20-30(41)36-10-6-5-7-11-36/h8-9,14-16,18,24H,5-7,10-13,17,19-20H2,1-4H3/t24-/m1/s1. The van der Waals surface area contributed by atoms with Crippen LogP contribution in [0.5, 0.6) is 5.75 Å². The van der Waals surface area contributed by atoms with Gasteiger partial charge in [-0.1, -0.05) is 33.3 Å². The number of hydrogen-bond donors (Lipinski definition) is 0. The van der Waals surface area contributed by atoms with Gasteiger partial charge >= 0.3 is 0 Å². The fourth-order valence-electron chi connectivity index (χ4n) is 5.75. The summed E-state index contributed by atoms with van der Waals surface area (Å²) in [7, 11) is 0. The summed E-state index contributed by atoms with van der Waals surface area (Å²) in [5, 5.41) is 8.62. The molecule has 0 saturated carbocycles. The molecule has 0 unspecified atom stereocenters. The van der Waals surface area contributed by atoms with E-state index >= 15 is 0 Å². The van der Waals surface area contributed by atoms with Crippen LogP contribution < -0.4 is 4.74 Å². The number of aryl methyl sites for hydroxylation is 3. The molecule has 11 heteroatoms. The number of halogens is 1. The van der Waals surface area contributed by atoms with Gasteiger partial charge in [0.2, 0.25) is 5.91 Å². The van der Waals surface area contributed by atoms with E-state index in [-0.39, 0.29) is 36.9 Å². The van der Waals surface area contributed by atoms with Gasteiger partial charge in [-0.25, -0.2) is 4.68 Å². The maximum Gasteiger partial charge on any atom is 0.260 e. The zero-order chi connectivity index (χ0) is 30.7. The van der Waals surface area contributed by atoms with Crippen molar-refractivity contribution in [3.8, 4) is 5.75 Å². The van der Waals surface area contributed by atoms with Crippen LogP contribution in [0.2, 0.25) is 0 Å². The monoisotopic (exact) mass is 650 g/mol. The number of ether oxygens (including phenoxy) is 1. The summed E-state index contributed by atoms with van der Waals surface area (Å²) in [5.41, 5.74) is 5.06. The van der Waals surface area contributed by atoms with Crippen molar-refractivity contribution in [2.24, 2.45) is 0 Å². The number of nitrogens with zero attached hydrogens (tertiary/aromatic N) is 6. The largest absolute Gasteiger partial charge is 0.483 e. The Morgan fingerprint density at radius 3 is 2.35 bits per heavy atom. The van der Waals surface area contributed by atoms with Gasteiger partial charge in [-0.05, 0) is 87.4 Å². The van der Waals surface area contributed by atoms with Crippen LogP contribution in [0.15, 0.2) is 41.0 Å². The summed E-state index contributed by atoms with van der Waals surface area (Å²) in [4.78, 5) is 44.2. The number of piperazine rings is 1. The highest BCUT2D eigenvalue weighted by atomic mass is 79.9. The quantitative estimate of drug-likeness (QED) is 0.357. The molecule has 2 fully saturated rings. The van der Waals surface area contributed by atoms with Crippen LogP contribution in [0.25, 0.3) is 0 Å². The molecule has 1 aromatic heterocycles. The van der Waals surface area contributed by atoms with Crippen LogP contribution in [0.4, 0.5) is 0 Å². The predicted molar refractivity (Wildman–Crippen MR) is 166 cm³/mol. The number of carbonyl (C=O) groups excluding carboxylic acids is 3. The normalized spacial score (nSPS) is 16.4. The summed E-state index contributed by atoms with van der Waals surface area (Å²) in [6, 6.07) is 9.76. The van der Waals surface area contributed by atoms with Gasteiger partial charge in [-0.15, -0.1) is 5.10 Å². The highest BCUT2D eigenvalue weighted by molar-refractivity contribution is 9.10. The Kier molecular flexibility index (Phi) is 9.49. The van der Waals surface area contributed by atoms with Gasteiger partial charge in [0.15, 0.2) is 6.61 Å². The predicted octanol–water partition coefficient (Wildman–Crippen LogP) is 4.45. The first-order valence-corrected chi connectivity index (χ1v) is 15.7. The molecule has 0 aliphatic carbocycles. The first-order chi connectivity index (χ1) is 20.6. The molecule has 5 rings (SSSR count). The molecule has 3 amide bonds. The Morgan fingerprint density at radius 2 is 1.67 bits per heavy atom. The van der Waals surface area contributed by atoms with Gasteiger partial charge in [0, 0.05) is 36.2 Å². The molecule has 0 bridgehead atoms. The minimum atomic E-state index is -0.195. The highest BCUT2D eigenvalue weighted by Crippen LogP contribution is 2.27. The highest BCUT2D eigenvalue weighted by Gasteiger charge is 2.29. The van der Waals surface area contributed by atoms with Crippen LogP contribution in [0, 0.1) is 20.8 Å². The molecule has 2 aliphatic rings. The van der Waals surface area contributed by atoms with E-state index in [0.29, 0.717) is 36.6 Å². The van der Waals surface area contributed by atoms with Crippen LogP contribution >= 0.6 is 15.9 Å². The third-order valence-corrected chi connectivity index (χ3v) is 9.22. The minimum absolute atomic E-state index is 0.00221. The van der Waals surface area contributed by atoms with E-state index in [1.807, 2.05) is 35.7 Å². The van der Waals surface area contributed by atoms with Gasteiger partial charge in [0.05, 0.1) is 18.8 Å². The molecule has 10 nitrogen and oxygen atoms in total. The maximum atomic E-state index is 13.4. The van der Waals surface area contributed by atoms with Crippen molar-refractivity contribution in [1.29, 1.82) is 0 Å². The van der Waals surface area contributed by atoms with E-state index in [0.717, 1.165) is 59.1 Å². The SMILES string of the molecule is Cc1cc([C@@H](C)n2cc(CN3CCN(C(=O)c4cc(C)c(OCC(=O)N5CCCCC5)c(C)c4)CC3=O)nn2)ccc1Br. The van der Waals surface area contributed by atoms with Crippen molar-refractivity contribution in [1.82, 2.24) is 29.7 Å². The molecule has 2 aromatic carbocycles. The van der Waals surface area contributed by atoms with Gasteiger partial charge in [-0.3, -0.25) is 14.4 Å². The van der Waals surface area contributed by atoms with E-state index in [1.165, 1.54) is 0 Å². The number of benzene rings is 2. The second-order valence-electron chi connectivity index (χ2n) is 11.6. The number of hydrogen-bond acceptors (Lipinski definition) is 6. The Balaban J connectivity index is 1.16. The molecule has 2 saturated heterocycles. The summed E-state index contributed by atoms with van der Waals surface area (Å²) in [6.07, 6.45) is 5.10. The van der Waals surface area contributed by atoms with Crippen molar-refractivity contribution in [2.75, 3.05) is 39.3 Å². The third kappa shape index (κ3) is 7.09. The zero-order valence-corrected chi connectivity index (χ0v) is 26.9. The van der Waals surface area contributed by atoms with Crippen LogP contribution in [0.1, 0.15) is 70.5 Å². The summed E-state index contributed by atoms with van der Waals surface area (Å²) < 4.78 is 8.78. The average molecular weight is 652 g/mol. The van der Waals surface area contributed by atoms with E-state index in [9.17, 15) is 14.4 Å². The number of aromatic nitrogens is 3. The lowest BCUT2D eigenvalue weighted by Crippen LogP contribution is -2.51. The molecular weight excluding hydrogens is 612 g/mol. The fourth-order valence-corrected chi connectivity index (χ4v) is 6.00. The molecule has 1 atom stereocenters. The van der Waals surface area contributed by atoms with Gasteiger partial charge in [0.1, 0.15) is 18.0 Å². The van der Waals surface area contributed by atoms with Crippen LogP contribution in [-0.2, 0) is 16.1 Å². The van der Waals surface area contributed by atoms with Crippen molar-refractivity contribution in [3.05, 3.63) is 74.5 Å². The Hall–Kier alpha value is -3.73. The Morgan fingerprint density at radius 1 is 0.953 bits per heavy atom. The molecule has 0 spiro atoms. The second-order valence-corrected chi connectivity index (χ2v) is 12.4. The Labute approximate surface area is 261 Å². The number of likely N-dealkylation sites (tertiary alicyclic amines) is 1. The minimum Gasteiger partial charge on any atom is -0.483 e. The molecule has 0 radical (unpaired) electrons.